The first-order valence-corrected chi connectivity index (χ1v) is 9.65. The average molecular weight is 388 g/mol. The summed E-state index contributed by atoms with van der Waals surface area (Å²) in [6.45, 7) is 0. The van der Waals surface area contributed by atoms with Crippen LogP contribution in [0.1, 0.15) is 24.0 Å². The highest BCUT2D eigenvalue weighted by atomic mass is 16.5. The molecule has 0 radical (unpaired) electrons. The minimum Gasteiger partial charge on any atom is -0.497 e. The second-order valence-electron chi connectivity index (χ2n) is 7.08. The van der Waals surface area contributed by atoms with E-state index in [0.717, 1.165) is 35.1 Å². The maximum Gasteiger partial charge on any atom is 0.240 e. The standard InChI is InChI=1S/C23H24N4O2/c1-27-15-16(19-7-3-4-8-22(19)27)6-5-9-23(28)26-25-14-17-13-24-21-11-10-18(29-2)12-20(17)21/h3-4,7-8,10-15,24H,5-6,9H2,1-2H3,(H,26,28). The summed E-state index contributed by atoms with van der Waals surface area (Å²) < 4.78 is 7.40. The maximum atomic E-state index is 12.1. The van der Waals surface area contributed by atoms with Gasteiger partial charge >= 0.3 is 0 Å². The molecule has 0 saturated carbocycles. The number of carbonyl (C=O) groups excluding carboxylic acids is 1. The van der Waals surface area contributed by atoms with Gasteiger partial charge in [0, 0.05) is 53.2 Å². The minimum absolute atomic E-state index is 0.0843. The van der Waals surface area contributed by atoms with E-state index < -0.39 is 0 Å². The van der Waals surface area contributed by atoms with Crippen molar-refractivity contribution in [1.29, 1.82) is 0 Å². The predicted molar refractivity (Wildman–Crippen MR) is 116 cm³/mol. The molecule has 0 spiro atoms. The third-order valence-corrected chi connectivity index (χ3v) is 5.14. The zero-order valence-electron chi connectivity index (χ0n) is 16.6. The fourth-order valence-corrected chi connectivity index (χ4v) is 3.65. The van der Waals surface area contributed by atoms with Crippen molar-refractivity contribution in [1.82, 2.24) is 15.0 Å². The number of amides is 1. The zero-order chi connectivity index (χ0) is 20.2. The van der Waals surface area contributed by atoms with Gasteiger partial charge in [0.25, 0.3) is 0 Å². The van der Waals surface area contributed by atoms with Crippen LogP contribution in [-0.4, -0.2) is 28.8 Å². The molecule has 29 heavy (non-hydrogen) atoms. The molecule has 0 fully saturated rings. The summed E-state index contributed by atoms with van der Waals surface area (Å²) in [5.41, 5.74) is 7.00. The number of aromatic amines is 1. The minimum atomic E-state index is -0.0843. The number of nitrogens with zero attached hydrogens (tertiary/aromatic N) is 2. The summed E-state index contributed by atoms with van der Waals surface area (Å²) in [6, 6.07) is 14.1. The van der Waals surface area contributed by atoms with Crippen LogP contribution < -0.4 is 10.2 Å². The first-order valence-electron chi connectivity index (χ1n) is 9.65. The smallest absolute Gasteiger partial charge is 0.240 e. The third kappa shape index (κ3) is 4.01. The Morgan fingerprint density at radius 3 is 2.97 bits per heavy atom. The lowest BCUT2D eigenvalue weighted by Crippen LogP contribution is -2.17. The van der Waals surface area contributed by atoms with Crippen molar-refractivity contribution in [2.75, 3.05) is 7.11 Å². The lowest BCUT2D eigenvalue weighted by Gasteiger charge is -2.01. The molecule has 0 atom stereocenters. The molecule has 2 heterocycles. The highest BCUT2D eigenvalue weighted by Gasteiger charge is 2.07. The van der Waals surface area contributed by atoms with Crippen molar-refractivity contribution < 1.29 is 9.53 Å². The van der Waals surface area contributed by atoms with E-state index >= 15 is 0 Å². The molecule has 0 aliphatic heterocycles. The van der Waals surface area contributed by atoms with E-state index in [4.69, 9.17) is 4.74 Å². The van der Waals surface area contributed by atoms with Gasteiger partial charge in [0.05, 0.1) is 13.3 Å². The molecule has 0 bridgehead atoms. The van der Waals surface area contributed by atoms with Gasteiger partial charge in [-0.1, -0.05) is 18.2 Å². The van der Waals surface area contributed by atoms with Gasteiger partial charge in [-0.05, 0) is 42.7 Å². The highest BCUT2D eigenvalue weighted by Crippen LogP contribution is 2.23. The van der Waals surface area contributed by atoms with Crippen molar-refractivity contribution >= 4 is 33.9 Å². The molecule has 1 amide bonds. The van der Waals surface area contributed by atoms with Crippen LogP contribution in [0.25, 0.3) is 21.8 Å². The van der Waals surface area contributed by atoms with Gasteiger partial charge in [0.15, 0.2) is 0 Å². The highest BCUT2D eigenvalue weighted by molar-refractivity contribution is 5.99. The molecular weight excluding hydrogens is 364 g/mol. The Hall–Kier alpha value is -3.54. The number of hydrazone groups is 1. The summed E-state index contributed by atoms with van der Waals surface area (Å²) >= 11 is 0. The van der Waals surface area contributed by atoms with Crippen LogP contribution in [0.3, 0.4) is 0 Å². The summed E-state index contributed by atoms with van der Waals surface area (Å²) in [7, 11) is 3.69. The molecule has 0 saturated heterocycles. The maximum absolute atomic E-state index is 12.1. The molecule has 6 heteroatoms. The largest absolute Gasteiger partial charge is 0.497 e. The van der Waals surface area contributed by atoms with Crippen molar-refractivity contribution in [2.45, 2.75) is 19.3 Å². The van der Waals surface area contributed by atoms with E-state index in [1.807, 2.05) is 43.6 Å². The molecule has 6 nitrogen and oxygen atoms in total. The molecule has 4 aromatic rings. The number of para-hydroxylation sites is 1. The molecule has 2 aromatic heterocycles. The Bertz CT molecular complexity index is 1190. The fraction of sp³-hybridized carbons (Fsp3) is 0.217. The number of hydrogen-bond acceptors (Lipinski definition) is 3. The number of H-pyrrole nitrogens is 1. The third-order valence-electron chi connectivity index (χ3n) is 5.14. The number of aryl methyl sites for hydroxylation is 2. The van der Waals surface area contributed by atoms with Crippen LogP contribution in [0.5, 0.6) is 5.75 Å². The lowest BCUT2D eigenvalue weighted by atomic mass is 10.1. The number of methoxy groups -OCH3 is 1. The first-order chi connectivity index (χ1) is 14.2. The topological polar surface area (TPSA) is 71.4 Å². The molecular formula is C23H24N4O2. The fourth-order valence-electron chi connectivity index (χ4n) is 3.65. The average Bonchev–Trinajstić information content (AvgIpc) is 3.29. The molecule has 2 N–H and O–H groups in total. The van der Waals surface area contributed by atoms with Gasteiger partial charge in [-0.15, -0.1) is 0 Å². The predicted octanol–water partition coefficient (Wildman–Crippen LogP) is 4.14. The number of hydrogen-bond donors (Lipinski definition) is 2. The van der Waals surface area contributed by atoms with Crippen LogP contribution in [-0.2, 0) is 18.3 Å². The Morgan fingerprint density at radius 2 is 2.10 bits per heavy atom. The van der Waals surface area contributed by atoms with Crippen LogP contribution in [0.2, 0.25) is 0 Å². The molecule has 0 aliphatic carbocycles. The van der Waals surface area contributed by atoms with Crippen molar-refractivity contribution in [3.05, 3.63) is 66.0 Å². The molecule has 148 valence electrons. The second kappa shape index (κ2) is 8.22. The number of ether oxygens (including phenoxy) is 1. The summed E-state index contributed by atoms with van der Waals surface area (Å²) in [5.74, 6) is 0.697. The monoisotopic (exact) mass is 388 g/mol. The number of rotatable bonds is 7. The Kier molecular flexibility index (Phi) is 5.33. The quantitative estimate of drug-likeness (QED) is 0.369. The van der Waals surface area contributed by atoms with Gasteiger partial charge in [0.2, 0.25) is 5.91 Å². The van der Waals surface area contributed by atoms with Gasteiger partial charge in [-0.3, -0.25) is 4.79 Å². The van der Waals surface area contributed by atoms with Gasteiger partial charge in [-0.2, -0.15) is 5.10 Å². The normalized spacial score (nSPS) is 11.5. The van der Waals surface area contributed by atoms with Gasteiger partial charge in [-0.25, -0.2) is 5.43 Å². The summed E-state index contributed by atoms with van der Waals surface area (Å²) in [4.78, 5) is 15.3. The van der Waals surface area contributed by atoms with E-state index in [1.54, 1.807) is 13.3 Å². The molecule has 2 aromatic carbocycles. The molecule has 4 rings (SSSR count). The number of carbonyl (C=O) groups is 1. The Morgan fingerprint density at radius 1 is 1.24 bits per heavy atom. The van der Waals surface area contributed by atoms with E-state index in [-0.39, 0.29) is 5.91 Å². The zero-order valence-corrected chi connectivity index (χ0v) is 16.6. The first kappa shape index (κ1) is 18.8. The SMILES string of the molecule is COc1ccc2[nH]cc(C=NNC(=O)CCCc3cn(C)c4ccccc34)c2c1. The van der Waals surface area contributed by atoms with Crippen molar-refractivity contribution in [2.24, 2.45) is 12.1 Å². The number of aromatic nitrogens is 2. The van der Waals surface area contributed by atoms with Gasteiger partial charge in [0.1, 0.15) is 5.75 Å². The molecule has 0 aliphatic rings. The number of benzene rings is 2. The second-order valence-corrected chi connectivity index (χ2v) is 7.08. The summed E-state index contributed by atoms with van der Waals surface area (Å²) in [5, 5.41) is 6.36. The van der Waals surface area contributed by atoms with Crippen LogP contribution in [0, 0.1) is 0 Å². The molecule has 0 unspecified atom stereocenters. The van der Waals surface area contributed by atoms with Crippen LogP contribution in [0.4, 0.5) is 0 Å². The van der Waals surface area contributed by atoms with Crippen LogP contribution in [0.15, 0.2) is 60.0 Å². The van der Waals surface area contributed by atoms with E-state index in [9.17, 15) is 4.79 Å². The van der Waals surface area contributed by atoms with E-state index in [2.05, 4.69) is 38.4 Å². The van der Waals surface area contributed by atoms with Gasteiger partial charge < -0.3 is 14.3 Å². The van der Waals surface area contributed by atoms with Crippen molar-refractivity contribution in [3.63, 3.8) is 0 Å². The van der Waals surface area contributed by atoms with E-state index in [0.29, 0.717) is 6.42 Å². The number of nitrogens with one attached hydrogen (secondary N) is 2. The van der Waals surface area contributed by atoms with Crippen molar-refractivity contribution in [3.8, 4) is 5.75 Å². The Balaban J connectivity index is 1.32. The number of fused-ring (bicyclic) bond motifs is 2. The van der Waals surface area contributed by atoms with E-state index in [1.165, 1.54) is 16.5 Å². The van der Waals surface area contributed by atoms with Crippen LogP contribution >= 0.6 is 0 Å². The lowest BCUT2D eigenvalue weighted by molar-refractivity contribution is -0.121. The summed E-state index contributed by atoms with van der Waals surface area (Å²) in [6.07, 6.45) is 7.73. The Labute approximate surface area is 169 Å².